The van der Waals surface area contributed by atoms with Gasteiger partial charge in [0.25, 0.3) is 0 Å². The van der Waals surface area contributed by atoms with Crippen molar-refractivity contribution in [3.05, 3.63) is 35.6 Å². The maximum absolute atomic E-state index is 13.1. The Morgan fingerprint density at radius 1 is 1.35 bits per heavy atom. The van der Waals surface area contributed by atoms with Crippen molar-refractivity contribution in [3.8, 4) is 0 Å². The van der Waals surface area contributed by atoms with Crippen LogP contribution in [0, 0.1) is 11.7 Å². The lowest BCUT2D eigenvalue weighted by Gasteiger charge is -2.38. The molecule has 2 rings (SSSR count). The number of rotatable bonds is 2. The summed E-state index contributed by atoms with van der Waals surface area (Å²) in [4.78, 5) is 13.9. The van der Waals surface area contributed by atoms with E-state index in [0.29, 0.717) is 19.6 Å². The number of piperidine rings is 1. The maximum atomic E-state index is 13.1. The first kappa shape index (κ1) is 19.7. The number of nitrogens with two attached hydrogens (primary N) is 1. The number of carbonyl (C=O) groups excluding carboxylic acids is 1. The van der Waals surface area contributed by atoms with Crippen LogP contribution in [0.4, 0.5) is 9.18 Å². The molecule has 1 aliphatic rings. The van der Waals surface area contributed by atoms with Gasteiger partial charge in [-0.3, -0.25) is 0 Å². The fourth-order valence-electron chi connectivity index (χ4n) is 2.91. The Kier molecular flexibility index (Phi) is 6.84. The fraction of sp³-hybridized carbons (Fsp3) is 0.588. The van der Waals surface area contributed by atoms with Crippen LogP contribution in [0.25, 0.3) is 0 Å². The largest absolute Gasteiger partial charge is 0.444 e. The normalized spacial score (nSPS) is 21.5. The standard InChI is InChI=1S/C17H25FN2O2.ClH/c1-17(2,3)22-16(21)20-9-8-15(13(10-19)11-20)12-4-6-14(18)7-5-12;/h4-7,13,15H,8-11,19H2,1-3H3;1H/t13-,15+;/m1./s1. The zero-order valence-corrected chi connectivity index (χ0v) is 14.7. The Bertz CT molecular complexity index is 516. The van der Waals surface area contributed by atoms with Crippen molar-refractivity contribution in [1.82, 2.24) is 4.90 Å². The molecule has 4 nitrogen and oxygen atoms in total. The van der Waals surface area contributed by atoms with Crippen molar-refractivity contribution < 1.29 is 13.9 Å². The van der Waals surface area contributed by atoms with E-state index in [9.17, 15) is 9.18 Å². The molecule has 0 unspecified atom stereocenters. The van der Waals surface area contributed by atoms with E-state index in [1.165, 1.54) is 12.1 Å². The van der Waals surface area contributed by atoms with E-state index in [0.717, 1.165) is 12.0 Å². The average Bonchev–Trinajstić information content (AvgIpc) is 2.45. The molecule has 1 aromatic rings. The van der Waals surface area contributed by atoms with E-state index in [1.807, 2.05) is 32.9 Å². The van der Waals surface area contributed by atoms with E-state index in [-0.39, 0.29) is 36.2 Å². The van der Waals surface area contributed by atoms with E-state index < -0.39 is 5.60 Å². The minimum atomic E-state index is -0.497. The summed E-state index contributed by atoms with van der Waals surface area (Å²) in [5.41, 5.74) is 6.48. The van der Waals surface area contributed by atoms with Gasteiger partial charge >= 0.3 is 6.09 Å². The lowest BCUT2D eigenvalue weighted by molar-refractivity contribution is 0.0150. The van der Waals surface area contributed by atoms with Crippen LogP contribution in [0.1, 0.15) is 38.7 Å². The van der Waals surface area contributed by atoms with Gasteiger partial charge in [0.15, 0.2) is 0 Å². The molecule has 6 heteroatoms. The van der Waals surface area contributed by atoms with Crippen LogP contribution >= 0.6 is 12.4 Å². The van der Waals surface area contributed by atoms with Crippen LogP contribution in [-0.2, 0) is 4.74 Å². The lowest BCUT2D eigenvalue weighted by Crippen LogP contribution is -2.47. The third-order valence-corrected chi connectivity index (χ3v) is 3.99. The number of carbonyl (C=O) groups is 1. The van der Waals surface area contributed by atoms with Gasteiger partial charge in [0.2, 0.25) is 0 Å². The molecule has 0 aliphatic carbocycles. The van der Waals surface area contributed by atoms with Gasteiger partial charge in [0, 0.05) is 13.1 Å². The van der Waals surface area contributed by atoms with Crippen molar-refractivity contribution in [1.29, 1.82) is 0 Å². The molecule has 1 saturated heterocycles. The highest BCUT2D eigenvalue weighted by Gasteiger charge is 2.33. The predicted octanol–water partition coefficient (Wildman–Crippen LogP) is 3.55. The molecule has 1 heterocycles. The molecule has 0 radical (unpaired) electrons. The number of halogens is 2. The summed E-state index contributed by atoms with van der Waals surface area (Å²) in [5.74, 6) is 0.176. The molecule has 1 amide bonds. The minimum Gasteiger partial charge on any atom is -0.444 e. The monoisotopic (exact) mass is 344 g/mol. The highest BCUT2D eigenvalue weighted by Crippen LogP contribution is 2.33. The molecule has 0 spiro atoms. The Labute approximate surface area is 143 Å². The molecule has 1 fully saturated rings. The van der Waals surface area contributed by atoms with Crippen molar-refractivity contribution in [3.63, 3.8) is 0 Å². The summed E-state index contributed by atoms with van der Waals surface area (Å²) >= 11 is 0. The summed E-state index contributed by atoms with van der Waals surface area (Å²) in [6.07, 6.45) is 0.524. The molecule has 1 aliphatic heterocycles. The average molecular weight is 345 g/mol. The van der Waals surface area contributed by atoms with Gasteiger partial charge in [0.05, 0.1) is 0 Å². The molecule has 1 aromatic carbocycles. The van der Waals surface area contributed by atoms with Gasteiger partial charge in [-0.15, -0.1) is 12.4 Å². The molecule has 2 N–H and O–H groups in total. The summed E-state index contributed by atoms with van der Waals surface area (Å²) in [6.45, 7) is 7.27. The molecule has 0 bridgehead atoms. The molecule has 130 valence electrons. The first-order valence-corrected chi connectivity index (χ1v) is 7.73. The number of nitrogens with zero attached hydrogens (tertiary/aromatic N) is 1. The smallest absolute Gasteiger partial charge is 0.410 e. The zero-order valence-electron chi connectivity index (χ0n) is 13.9. The van der Waals surface area contributed by atoms with Gasteiger partial charge in [0.1, 0.15) is 11.4 Å². The van der Waals surface area contributed by atoms with E-state index >= 15 is 0 Å². The quantitative estimate of drug-likeness (QED) is 0.892. The van der Waals surface area contributed by atoms with Crippen molar-refractivity contribution in [2.24, 2.45) is 11.7 Å². The summed E-state index contributed by atoms with van der Waals surface area (Å²) in [6, 6.07) is 6.57. The predicted molar refractivity (Wildman–Crippen MR) is 91.4 cm³/mol. The van der Waals surface area contributed by atoms with Gasteiger partial charge < -0.3 is 15.4 Å². The van der Waals surface area contributed by atoms with E-state index in [2.05, 4.69) is 0 Å². The van der Waals surface area contributed by atoms with Crippen molar-refractivity contribution in [2.75, 3.05) is 19.6 Å². The maximum Gasteiger partial charge on any atom is 0.410 e. The zero-order chi connectivity index (χ0) is 16.3. The van der Waals surface area contributed by atoms with Gasteiger partial charge in [-0.25, -0.2) is 9.18 Å². The molecule has 2 atom stereocenters. The number of hydrogen-bond acceptors (Lipinski definition) is 3. The molecular weight excluding hydrogens is 319 g/mol. The van der Waals surface area contributed by atoms with Crippen LogP contribution in [0.3, 0.4) is 0 Å². The fourth-order valence-corrected chi connectivity index (χ4v) is 2.91. The van der Waals surface area contributed by atoms with E-state index in [4.69, 9.17) is 10.5 Å². The molecule has 23 heavy (non-hydrogen) atoms. The summed E-state index contributed by atoms with van der Waals surface area (Å²) < 4.78 is 18.5. The van der Waals surface area contributed by atoms with Crippen LogP contribution in [0.15, 0.2) is 24.3 Å². The van der Waals surface area contributed by atoms with Crippen LogP contribution in [-0.4, -0.2) is 36.2 Å². The van der Waals surface area contributed by atoms with Crippen molar-refractivity contribution >= 4 is 18.5 Å². The SMILES string of the molecule is CC(C)(C)OC(=O)N1CC[C@@H](c2ccc(F)cc2)[C@H](CN)C1.Cl. The number of hydrogen-bond donors (Lipinski definition) is 1. The third-order valence-electron chi connectivity index (χ3n) is 3.99. The van der Waals surface area contributed by atoms with Crippen LogP contribution in [0.5, 0.6) is 0 Å². The summed E-state index contributed by atoms with van der Waals surface area (Å²) in [5, 5.41) is 0. The highest BCUT2D eigenvalue weighted by molar-refractivity contribution is 5.85. The molecular formula is C17H26ClFN2O2. The third kappa shape index (κ3) is 5.36. The molecule has 0 aromatic heterocycles. The first-order valence-electron chi connectivity index (χ1n) is 7.73. The second kappa shape index (κ2) is 7.97. The van der Waals surface area contributed by atoms with Gasteiger partial charge in [-0.1, -0.05) is 12.1 Å². The number of benzene rings is 1. The lowest BCUT2D eigenvalue weighted by atomic mass is 9.80. The highest BCUT2D eigenvalue weighted by atomic mass is 35.5. The number of likely N-dealkylation sites (tertiary alicyclic amines) is 1. The first-order chi connectivity index (χ1) is 10.3. The van der Waals surface area contributed by atoms with Gasteiger partial charge in [-0.05, 0) is 63.3 Å². The topological polar surface area (TPSA) is 55.6 Å². The van der Waals surface area contributed by atoms with Gasteiger partial charge in [-0.2, -0.15) is 0 Å². The van der Waals surface area contributed by atoms with Crippen LogP contribution in [0.2, 0.25) is 0 Å². The number of amides is 1. The Morgan fingerprint density at radius 3 is 2.48 bits per heavy atom. The minimum absolute atomic E-state index is 0. The van der Waals surface area contributed by atoms with Crippen molar-refractivity contribution in [2.45, 2.75) is 38.7 Å². The summed E-state index contributed by atoms with van der Waals surface area (Å²) in [7, 11) is 0. The second-order valence-corrected chi connectivity index (χ2v) is 6.87. The molecule has 0 saturated carbocycles. The van der Waals surface area contributed by atoms with E-state index in [1.54, 1.807) is 4.90 Å². The second-order valence-electron chi connectivity index (χ2n) is 6.87. The Hall–Kier alpha value is -1.33. The van der Waals surface area contributed by atoms with Crippen LogP contribution < -0.4 is 5.73 Å². The number of ether oxygens (including phenoxy) is 1. The Morgan fingerprint density at radius 2 is 1.96 bits per heavy atom. The Balaban J connectivity index is 0.00000264.